The van der Waals surface area contributed by atoms with Gasteiger partial charge < -0.3 is 31.1 Å². The van der Waals surface area contributed by atoms with Crippen molar-refractivity contribution in [3.63, 3.8) is 0 Å². The van der Waals surface area contributed by atoms with Gasteiger partial charge in [0, 0.05) is 12.0 Å². The van der Waals surface area contributed by atoms with Gasteiger partial charge in [-0.05, 0) is 37.1 Å². The zero-order valence-electron chi connectivity index (χ0n) is 24.9. The van der Waals surface area contributed by atoms with E-state index in [-0.39, 0.29) is 19.6 Å². The number of aromatic nitrogens is 3. The molecule has 1 aliphatic rings. The number of aliphatic hydroxyl groups is 1. The number of amides is 4. The minimum Gasteiger partial charge on any atom is -0.492 e. The summed E-state index contributed by atoms with van der Waals surface area (Å²) in [5.74, 6) is -1.88. The molecule has 0 saturated heterocycles. The van der Waals surface area contributed by atoms with Crippen molar-refractivity contribution in [3.05, 3.63) is 77.6 Å². The molecule has 5 N–H and O–H groups in total. The van der Waals surface area contributed by atoms with Crippen LogP contribution in [0.25, 0.3) is 0 Å². The molecule has 0 radical (unpaired) electrons. The van der Waals surface area contributed by atoms with Crippen molar-refractivity contribution in [2.75, 3.05) is 6.61 Å². The van der Waals surface area contributed by atoms with Gasteiger partial charge in [-0.15, -0.1) is 5.10 Å². The lowest BCUT2D eigenvalue weighted by atomic mass is 10.0. The van der Waals surface area contributed by atoms with Crippen molar-refractivity contribution in [3.8, 4) is 5.75 Å². The minimum absolute atomic E-state index is 0.0619. The summed E-state index contributed by atoms with van der Waals surface area (Å²) < 4.78 is 7.40. The van der Waals surface area contributed by atoms with Crippen molar-refractivity contribution in [2.45, 2.75) is 76.8 Å². The van der Waals surface area contributed by atoms with Crippen LogP contribution in [0.1, 0.15) is 54.7 Å². The lowest BCUT2D eigenvalue weighted by Crippen LogP contribution is -2.60. The summed E-state index contributed by atoms with van der Waals surface area (Å²) in [6.45, 7) is 4.00. The molecule has 13 nitrogen and oxygen atoms in total. The minimum atomic E-state index is -1.39. The summed E-state index contributed by atoms with van der Waals surface area (Å²) in [5.41, 5.74) is 1.59. The fourth-order valence-electron chi connectivity index (χ4n) is 4.71. The summed E-state index contributed by atoms with van der Waals surface area (Å²) in [6.07, 6.45) is 2.26. The number of unbranched alkanes of at least 4 members (excludes halogenated alkanes) is 1. The topological polar surface area (TPSA) is 177 Å². The molecule has 4 rings (SSSR count). The highest BCUT2D eigenvalue weighted by molar-refractivity contribution is 5.99. The molecule has 4 bridgehead atoms. The number of hydrogen-bond acceptors (Lipinski definition) is 8. The summed E-state index contributed by atoms with van der Waals surface area (Å²) >= 11 is 0. The van der Waals surface area contributed by atoms with Gasteiger partial charge in [0.15, 0.2) is 0 Å². The molecule has 2 aromatic carbocycles. The SMILES string of the molecule is CCCC[C@@H]1NC(=O)c2cccc(c2)OCCn2cc(nn2)CNC(=O)[C@@H](Cc2ccccc2)NC(=O)[C@H]([C@@H](C)O)NC1=O. The fraction of sp³-hybridized carbons (Fsp3) is 0.419. The summed E-state index contributed by atoms with van der Waals surface area (Å²) in [5, 5.41) is 29.5. The Morgan fingerprint density at radius 2 is 1.77 bits per heavy atom. The lowest BCUT2D eigenvalue weighted by Gasteiger charge is -2.27. The van der Waals surface area contributed by atoms with E-state index in [2.05, 4.69) is 31.6 Å². The van der Waals surface area contributed by atoms with Crippen LogP contribution in [0.2, 0.25) is 0 Å². The third-order valence-electron chi connectivity index (χ3n) is 7.16. The van der Waals surface area contributed by atoms with Crippen LogP contribution in [-0.2, 0) is 33.9 Å². The first-order valence-corrected chi connectivity index (χ1v) is 14.8. The van der Waals surface area contributed by atoms with Gasteiger partial charge in [-0.2, -0.15) is 0 Å². The van der Waals surface area contributed by atoms with E-state index in [0.717, 1.165) is 12.0 Å². The molecule has 0 fully saturated rings. The van der Waals surface area contributed by atoms with Crippen molar-refractivity contribution in [1.29, 1.82) is 0 Å². The summed E-state index contributed by atoms with van der Waals surface area (Å²) in [6, 6.07) is 12.3. The average Bonchev–Trinajstić information content (AvgIpc) is 3.47. The number of nitrogens with one attached hydrogen (secondary N) is 4. The van der Waals surface area contributed by atoms with E-state index in [1.807, 2.05) is 37.3 Å². The molecule has 44 heavy (non-hydrogen) atoms. The molecule has 0 aliphatic carbocycles. The van der Waals surface area contributed by atoms with E-state index in [1.165, 1.54) is 6.92 Å². The van der Waals surface area contributed by atoms with Crippen LogP contribution in [0, 0.1) is 0 Å². The Morgan fingerprint density at radius 3 is 2.52 bits per heavy atom. The Bertz CT molecular complexity index is 1430. The lowest BCUT2D eigenvalue weighted by molar-refractivity contribution is -0.134. The molecule has 0 unspecified atom stereocenters. The van der Waals surface area contributed by atoms with Crippen LogP contribution < -0.4 is 26.0 Å². The Kier molecular flexibility index (Phi) is 11.4. The molecule has 0 spiro atoms. The molecule has 4 atom stereocenters. The predicted octanol–water partition coefficient (Wildman–Crippen LogP) is 0.869. The Hall–Kier alpha value is -4.78. The van der Waals surface area contributed by atoms with Gasteiger partial charge in [-0.1, -0.05) is 61.4 Å². The van der Waals surface area contributed by atoms with Gasteiger partial charge in [-0.25, -0.2) is 4.68 Å². The van der Waals surface area contributed by atoms with Gasteiger partial charge in [0.2, 0.25) is 17.7 Å². The second kappa shape index (κ2) is 15.6. The number of rotatable bonds is 6. The first-order chi connectivity index (χ1) is 21.2. The van der Waals surface area contributed by atoms with E-state index in [9.17, 15) is 24.3 Å². The molecular weight excluding hydrogens is 566 g/mol. The zero-order valence-corrected chi connectivity index (χ0v) is 24.9. The van der Waals surface area contributed by atoms with E-state index in [1.54, 1.807) is 35.1 Å². The van der Waals surface area contributed by atoms with E-state index < -0.39 is 47.9 Å². The summed E-state index contributed by atoms with van der Waals surface area (Å²) in [7, 11) is 0. The van der Waals surface area contributed by atoms with E-state index in [4.69, 9.17) is 4.74 Å². The number of carbonyl (C=O) groups excluding carboxylic acids is 4. The zero-order chi connectivity index (χ0) is 31.5. The Morgan fingerprint density at radius 1 is 0.977 bits per heavy atom. The van der Waals surface area contributed by atoms with Crippen LogP contribution in [-0.4, -0.2) is 74.6 Å². The molecule has 0 saturated carbocycles. The molecule has 4 amide bonds. The van der Waals surface area contributed by atoms with Crippen LogP contribution in [0.5, 0.6) is 5.75 Å². The van der Waals surface area contributed by atoms with Crippen molar-refractivity contribution >= 4 is 23.6 Å². The Balaban J connectivity index is 1.63. The highest BCUT2D eigenvalue weighted by Gasteiger charge is 2.32. The number of aliphatic hydroxyl groups excluding tert-OH is 1. The van der Waals surface area contributed by atoms with Crippen molar-refractivity contribution in [1.82, 2.24) is 36.3 Å². The van der Waals surface area contributed by atoms with E-state index in [0.29, 0.717) is 36.4 Å². The highest BCUT2D eigenvalue weighted by atomic mass is 16.5. The standard InChI is InChI=1S/C31H39N7O6/c1-3-4-13-25-30(42)35-27(20(2)39)31(43)34-26(16-21-9-6-5-7-10-21)29(41)32-18-23-19-38(37-36-23)14-15-44-24-12-8-11-22(17-24)28(40)33-25/h5-12,17,19-20,25-27,39H,3-4,13-16,18H2,1-2H3,(H,32,41)(H,33,40)(H,34,43)(H,35,42)/t20-,25+,26-,27+/m1/s1. The third kappa shape index (κ3) is 9.11. The smallest absolute Gasteiger partial charge is 0.252 e. The summed E-state index contributed by atoms with van der Waals surface area (Å²) in [4.78, 5) is 53.4. The van der Waals surface area contributed by atoms with Crippen molar-refractivity contribution in [2.24, 2.45) is 0 Å². The van der Waals surface area contributed by atoms with Gasteiger partial charge in [0.1, 0.15) is 36.2 Å². The van der Waals surface area contributed by atoms with Gasteiger partial charge in [0.25, 0.3) is 5.91 Å². The Labute approximate surface area is 255 Å². The monoisotopic (exact) mass is 605 g/mol. The van der Waals surface area contributed by atoms with Crippen LogP contribution in [0.3, 0.4) is 0 Å². The first-order valence-electron chi connectivity index (χ1n) is 14.8. The number of benzene rings is 2. The molecular formula is C31H39N7O6. The third-order valence-corrected chi connectivity index (χ3v) is 7.16. The van der Waals surface area contributed by atoms with Crippen LogP contribution in [0.15, 0.2) is 60.8 Å². The molecule has 1 aromatic heterocycles. The number of nitrogens with zero attached hydrogens (tertiary/aromatic N) is 3. The molecule has 2 heterocycles. The number of hydrogen-bond donors (Lipinski definition) is 5. The van der Waals surface area contributed by atoms with Crippen LogP contribution >= 0.6 is 0 Å². The first kappa shape index (κ1) is 32.1. The average molecular weight is 606 g/mol. The number of ether oxygens (including phenoxy) is 1. The predicted molar refractivity (Wildman–Crippen MR) is 160 cm³/mol. The highest BCUT2D eigenvalue weighted by Crippen LogP contribution is 2.15. The normalized spacial score (nSPS) is 21.0. The quantitative estimate of drug-likeness (QED) is 0.275. The van der Waals surface area contributed by atoms with Gasteiger partial charge in [0.05, 0.1) is 25.4 Å². The maximum Gasteiger partial charge on any atom is 0.252 e. The number of carbonyl (C=O) groups is 4. The second-order valence-electron chi connectivity index (χ2n) is 10.7. The maximum absolute atomic E-state index is 13.5. The van der Waals surface area contributed by atoms with Gasteiger partial charge in [-0.3, -0.25) is 19.2 Å². The largest absolute Gasteiger partial charge is 0.492 e. The molecule has 1 aliphatic heterocycles. The van der Waals surface area contributed by atoms with E-state index >= 15 is 0 Å². The maximum atomic E-state index is 13.5. The molecule has 13 heteroatoms. The second-order valence-corrected chi connectivity index (χ2v) is 10.7. The fourth-order valence-corrected chi connectivity index (χ4v) is 4.71. The number of fused-ring (bicyclic) bond motifs is 4. The van der Waals surface area contributed by atoms with Gasteiger partial charge >= 0.3 is 0 Å². The van der Waals surface area contributed by atoms with Crippen LogP contribution in [0.4, 0.5) is 0 Å². The molecule has 234 valence electrons. The molecule has 3 aromatic rings. The van der Waals surface area contributed by atoms with Crippen molar-refractivity contribution < 1.29 is 29.0 Å².